The van der Waals surface area contributed by atoms with Crippen molar-refractivity contribution in [3.63, 3.8) is 0 Å². The minimum atomic E-state index is -4.09. The van der Waals surface area contributed by atoms with Crippen molar-refractivity contribution < 1.29 is 17.5 Å². The highest BCUT2D eigenvalue weighted by molar-refractivity contribution is 7.87. The number of nitro groups is 1. The monoisotopic (exact) mass is 287 g/mol. The van der Waals surface area contributed by atoms with Gasteiger partial charge < -0.3 is 0 Å². The molecule has 0 atom stereocenters. The molecule has 0 saturated carbocycles. The summed E-state index contributed by atoms with van der Waals surface area (Å²) in [4.78, 5) is 9.68. The van der Waals surface area contributed by atoms with Crippen molar-refractivity contribution >= 4 is 15.8 Å². The first-order valence-corrected chi connectivity index (χ1v) is 7.46. The van der Waals surface area contributed by atoms with Crippen LogP contribution in [-0.2, 0) is 14.3 Å². The summed E-state index contributed by atoms with van der Waals surface area (Å²) in [5, 5.41) is 10.8. The van der Waals surface area contributed by atoms with Crippen molar-refractivity contribution in [1.29, 1.82) is 0 Å². The zero-order chi connectivity index (χ0) is 14.5. The zero-order valence-electron chi connectivity index (χ0n) is 10.9. The summed E-state index contributed by atoms with van der Waals surface area (Å²) in [5.41, 5.74) is -0.466. The van der Waals surface area contributed by atoms with Crippen LogP contribution >= 0.6 is 0 Å². The van der Waals surface area contributed by atoms with Crippen molar-refractivity contribution in [3.05, 3.63) is 34.4 Å². The highest BCUT2D eigenvalue weighted by Crippen LogP contribution is 2.25. The first kappa shape index (κ1) is 15.6. The first-order valence-electron chi connectivity index (χ1n) is 6.05. The smallest absolute Gasteiger partial charge is 0.266 e. The Hall–Kier alpha value is -1.47. The van der Waals surface area contributed by atoms with Crippen LogP contribution in [0.2, 0.25) is 0 Å². The van der Waals surface area contributed by atoms with Gasteiger partial charge >= 0.3 is 10.1 Å². The van der Waals surface area contributed by atoms with Gasteiger partial charge in [0.25, 0.3) is 5.69 Å². The van der Waals surface area contributed by atoms with Gasteiger partial charge in [0.2, 0.25) is 0 Å². The standard InChI is InChI=1S/C12H17NO5S/c1-3-10(4-2)9-18-19(16,17)12-8-6-5-7-11(12)13(14)15/h5-8,10H,3-4,9H2,1-2H3. The van der Waals surface area contributed by atoms with E-state index in [0.717, 1.165) is 18.9 Å². The van der Waals surface area contributed by atoms with Crippen LogP contribution in [0, 0.1) is 16.0 Å². The average molecular weight is 287 g/mol. The third-order valence-electron chi connectivity index (χ3n) is 2.94. The molecule has 7 heteroatoms. The number of hydrogen-bond donors (Lipinski definition) is 0. The van der Waals surface area contributed by atoms with Crippen LogP contribution in [0.25, 0.3) is 0 Å². The molecule has 0 aliphatic heterocycles. The number of hydrogen-bond acceptors (Lipinski definition) is 5. The quantitative estimate of drug-likeness (QED) is 0.437. The molecular weight excluding hydrogens is 270 g/mol. The van der Waals surface area contributed by atoms with Gasteiger partial charge in [0.1, 0.15) is 0 Å². The molecule has 106 valence electrons. The van der Waals surface area contributed by atoms with E-state index in [1.165, 1.54) is 18.2 Å². The Bertz CT molecular complexity index is 537. The first-order chi connectivity index (χ1) is 8.92. The average Bonchev–Trinajstić information content (AvgIpc) is 2.39. The highest BCUT2D eigenvalue weighted by Gasteiger charge is 2.26. The summed E-state index contributed by atoms with van der Waals surface area (Å²) < 4.78 is 28.9. The number of nitro benzene ring substituents is 1. The van der Waals surface area contributed by atoms with Crippen LogP contribution in [0.5, 0.6) is 0 Å². The summed E-state index contributed by atoms with van der Waals surface area (Å²) >= 11 is 0. The highest BCUT2D eigenvalue weighted by atomic mass is 32.2. The fourth-order valence-electron chi connectivity index (χ4n) is 1.59. The van der Waals surface area contributed by atoms with E-state index in [1.807, 2.05) is 13.8 Å². The van der Waals surface area contributed by atoms with E-state index >= 15 is 0 Å². The van der Waals surface area contributed by atoms with Gasteiger partial charge in [-0.1, -0.05) is 38.8 Å². The molecule has 1 aromatic rings. The second-order valence-corrected chi connectivity index (χ2v) is 5.73. The van der Waals surface area contributed by atoms with E-state index < -0.39 is 25.6 Å². The largest absolute Gasteiger partial charge is 0.303 e. The summed E-state index contributed by atoms with van der Waals surface area (Å²) in [6, 6.07) is 5.17. The van der Waals surface area contributed by atoms with Gasteiger partial charge in [-0.25, -0.2) is 0 Å². The second-order valence-electron chi connectivity index (χ2n) is 4.15. The van der Waals surface area contributed by atoms with Gasteiger partial charge in [0.05, 0.1) is 11.5 Å². The number of para-hydroxylation sites is 1. The molecular formula is C12H17NO5S. The Kier molecular flexibility index (Phi) is 5.44. The molecule has 0 radical (unpaired) electrons. The molecule has 0 heterocycles. The molecule has 0 amide bonds. The third kappa shape index (κ3) is 4.00. The SMILES string of the molecule is CCC(CC)COS(=O)(=O)c1ccccc1[N+](=O)[O-]. The molecule has 1 aromatic carbocycles. The zero-order valence-corrected chi connectivity index (χ0v) is 11.7. The maximum absolute atomic E-state index is 12.0. The van der Waals surface area contributed by atoms with E-state index in [-0.39, 0.29) is 12.5 Å². The molecule has 0 bridgehead atoms. The Morgan fingerprint density at radius 2 is 1.84 bits per heavy atom. The topological polar surface area (TPSA) is 86.5 Å². The maximum atomic E-state index is 12.0. The van der Waals surface area contributed by atoms with Crippen LogP contribution in [0.15, 0.2) is 29.2 Å². The molecule has 0 aliphatic carbocycles. The van der Waals surface area contributed by atoms with E-state index in [9.17, 15) is 18.5 Å². The fourth-order valence-corrected chi connectivity index (χ4v) is 2.74. The number of benzene rings is 1. The van der Waals surface area contributed by atoms with Gasteiger partial charge in [-0.3, -0.25) is 14.3 Å². The lowest BCUT2D eigenvalue weighted by Gasteiger charge is -2.12. The predicted octanol–water partition coefficient (Wildman–Crippen LogP) is 2.74. The van der Waals surface area contributed by atoms with Gasteiger partial charge in [-0.05, 0) is 12.0 Å². The molecule has 0 fully saturated rings. The second kappa shape index (κ2) is 6.63. The predicted molar refractivity (Wildman–Crippen MR) is 70.3 cm³/mol. The Balaban J connectivity index is 2.98. The summed E-state index contributed by atoms with van der Waals surface area (Å²) in [5.74, 6) is 0.123. The third-order valence-corrected chi connectivity index (χ3v) is 4.28. The molecule has 0 saturated heterocycles. The van der Waals surface area contributed by atoms with Gasteiger partial charge in [0, 0.05) is 6.07 Å². The van der Waals surface area contributed by atoms with Crippen molar-refractivity contribution in [2.24, 2.45) is 5.92 Å². The molecule has 0 spiro atoms. The lowest BCUT2D eigenvalue weighted by molar-refractivity contribution is -0.387. The van der Waals surface area contributed by atoms with Crippen molar-refractivity contribution in [2.45, 2.75) is 31.6 Å². The number of rotatable bonds is 7. The van der Waals surface area contributed by atoms with Gasteiger partial charge in [-0.15, -0.1) is 0 Å². The fraction of sp³-hybridized carbons (Fsp3) is 0.500. The van der Waals surface area contributed by atoms with Crippen LogP contribution in [0.4, 0.5) is 5.69 Å². The molecule has 19 heavy (non-hydrogen) atoms. The van der Waals surface area contributed by atoms with Gasteiger partial charge in [0.15, 0.2) is 4.90 Å². The van der Waals surface area contributed by atoms with E-state index in [2.05, 4.69) is 0 Å². The normalized spacial score (nSPS) is 11.7. The van der Waals surface area contributed by atoms with E-state index in [4.69, 9.17) is 4.18 Å². The van der Waals surface area contributed by atoms with Crippen molar-refractivity contribution in [2.75, 3.05) is 6.61 Å². The van der Waals surface area contributed by atoms with E-state index in [1.54, 1.807) is 0 Å². The summed E-state index contributed by atoms with van der Waals surface area (Å²) in [6.45, 7) is 3.92. The lowest BCUT2D eigenvalue weighted by atomic mass is 10.1. The Labute approximate surface area is 112 Å². The van der Waals surface area contributed by atoms with Crippen LogP contribution < -0.4 is 0 Å². The lowest BCUT2D eigenvalue weighted by Crippen LogP contribution is -2.15. The van der Waals surface area contributed by atoms with Crippen LogP contribution in [0.3, 0.4) is 0 Å². The van der Waals surface area contributed by atoms with Gasteiger partial charge in [-0.2, -0.15) is 8.42 Å². The Morgan fingerprint density at radius 3 is 2.37 bits per heavy atom. The molecule has 0 aromatic heterocycles. The van der Waals surface area contributed by atoms with Crippen molar-refractivity contribution in [1.82, 2.24) is 0 Å². The summed E-state index contributed by atoms with van der Waals surface area (Å²) in [6.07, 6.45) is 1.59. The van der Waals surface area contributed by atoms with Crippen LogP contribution in [-0.4, -0.2) is 19.9 Å². The molecule has 1 rings (SSSR count). The van der Waals surface area contributed by atoms with Crippen LogP contribution in [0.1, 0.15) is 26.7 Å². The van der Waals surface area contributed by atoms with E-state index in [0.29, 0.717) is 0 Å². The number of nitrogens with zero attached hydrogens (tertiary/aromatic N) is 1. The minimum Gasteiger partial charge on any atom is -0.266 e. The molecule has 6 nitrogen and oxygen atoms in total. The maximum Gasteiger partial charge on any atom is 0.303 e. The van der Waals surface area contributed by atoms with Crippen molar-refractivity contribution in [3.8, 4) is 0 Å². The molecule has 0 unspecified atom stereocenters. The summed E-state index contributed by atoms with van der Waals surface area (Å²) in [7, 11) is -4.09. The molecule has 0 aliphatic rings. The molecule has 0 N–H and O–H groups in total. The Morgan fingerprint density at radius 1 is 1.26 bits per heavy atom. The minimum absolute atomic E-state index is 0.0430.